The highest BCUT2D eigenvalue weighted by molar-refractivity contribution is 5.97. The highest BCUT2D eigenvalue weighted by Gasteiger charge is 2.26. The molecule has 0 atom stereocenters. The third kappa shape index (κ3) is 2.95. The van der Waals surface area contributed by atoms with Crippen molar-refractivity contribution in [3.8, 4) is 0 Å². The minimum Gasteiger partial charge on any atom is -0.353 e. The fourth-order valence-corrected chi connectivity index (χ4v) is 2.46. The van der Waals surface area contributed by atoms with Gasteiger partial charge in [-0.25, -0.2) is 0 Å². The second-order valence-electron chi connectivity index (χ2n) is 5.35. The van der Waals surface area contributed by atoms with Crippen LogP contribution in [0.3, 0.4) is 0 Å². The van der Waals surface area contributed by atoms with Crippen LogP contribution in [0.5, 0.6) is 0 Å². The van der Waals surface area contributed by atoms with Crippen molar-refractivity contribution >= 4 is 11.8 Å². The Morgan fingerprint density at radius 1 is 1.21 bits per heavy atom. The molecule has 100 valence electrons. The predicted molar refractivity (Wildman–Crippen MR) is 71.3 cm³/mol. The van der Waals surface area contributed by atoms with E-state index >= 15 is 0 Å². The highest BCUT2D eigenvalue weighted by Crippen LogP contribution is 2.20. The van der Waals surface area contributed by atoms with Gasteiger partial charge < -0.3 is 10.2 Å². The summed E-state index contributed by atoms with van der Waals surface area (Å²) in [4.78, 5) is 25.5. The van der Waals surface area contributed by atoms with Gasteiger partial charge in [0.1, 0.15) is 6.42 Å². The highest BCUT2D eigenvalue weighted by atomic mass is 16.2. The number of carbonyl (C=O) groups is 2. The maximum Gasteiger partial charge on any atom is 0.232 e. The van der Waals surface area contributed by atoms with Crippen LogP contribution in [0, 0.1) is 0 Å². The maximum atomic E-state index is 12.1. The molecule has 0 saturated heterocycles. The number of hydrogen-bond donors (Lipinski definition) is 1. The number of benzene rings is 1. The average Bonchev–Trinajstić information content (AvgIpc) is 3.21. The number of nitrogens with zero attached hydrogens (tertiary/aromatic N) is 1. The van der Waals surface area contributed by atoms with Crippen LogP contribution in [-0.4, -0.2) is 29.3 Å². The van der Waals surface area contributed by atoms with E-state index in [1.54, 1.807) is 4.90 Å². The largest absolute Gasteiger partial charge is 0.353 e. The van der Waals surface area contributed by atoms with Crippen molar-refractivity contribution in [1.29, 1.82) is 0 Å². The molecule has 1 fully saturated rings. The maximum absolute atomic E-state index is 12.1. The first-order valence-corrected chi connectivity index (χ1v) is 6.86. The molecule has 1 saturated carbocycles. The molecule has 1 aromatic rings. The quantitative estimate of drug-likeness (QED) is 0.829. The lowest BCUT2D eigenvalue weighted by Crippen LogP contribution is -2.39. The van der Waals surface area contributed by atoms with Crippen molar-refractivity contribution in [1.82, 2.24) is 10.2 Å². The smallest absolute Gasteiger partial charge is 0.232 e. The van der Waals surface area contributed by atoms with Crippen molar-refractivity contribution in [2.75, 3.05) is 6.54 Å². The Morgan fingerprint density at radius 2 is 1.95 bits per heavy atom. The van der Waals surface area contributed by atoms with Crippen LogP contribution < -0.4 is 5.32 Å². The van der Waals surface area contributed by atoms with Gasteiger partial charge in [-0.2, -0.15) is 0 Å². The summed E-state index contributed by atoms with van der Waals surface area (Å²) < 4.78 is 0. The topological polar surface area (TPSA) is 49.4 Å². The van der Waals surface area contributed by atoms with E-state index in [0.29, 0.717) is 19.1 Å². The van der Waals surface area contributed by atoms with E-state index in [2.05, 4.69) is 17.4 Å². The van der Waals surface area contributed by atoms with Gasteiger partial charge in [-0.15, -0.1) is 0 Å². The van der Waals surface area contributed by atoms with Crippen molar-refractivity contribution in [2.24, 2.45) is 0 Å². The Balaban J connectivity index is 1.57. The lowest BCUT2D eigenvalue weighted by molar-refractivity contribution is -0.136. The molecule has 0 spiro atoms. The number of rotatable bonds is 3. The minimum atomic E-state index is -0.133. The third-order valence-electron chi connectivity index (χ3n) is 3.74. The Kier molecular flexibility index (Phi) is 3.23. The monoisotopic (exact) mass is 258 g/mol. The van der Waals surface area contributed by atoms with Gasteiger partial charge in [0.15, 0.2) is 0 Å². The molecule has 1 aliphatic heterocycles. The van der Waals surface area contributed by atoms with Crippen LogP contribution in [0.15, 0.2) is 24.3 Å². The van der Waals surface area contributed by atoms with Crippen LogP contribution in [-0.2, 0) is 22.6 Å². The molecule has 4 heteroatoms. The van der Waals surface area contributed by atoms with E-state index in [0.717, 1.165) is 19.3 Å². The van der Waals surface area contributed by atoms with Gasteiger partial charge in [0.25, 0.3) is 0 Å². The molecule has 2 aliphatic rings. The summed E-state index contributed by atoms with van der Waals surface area (Å²) in [5.41, 5.74) is 2.51. The van der Waals surface area contributed by atoms with Crippen LogP contribution in [0.4, 0.5) is 0 Å². The van der Waals surface area contributed by atoms with Gasteiger partial charge in [-0.1, -0.05) is 24.3 Å². The second-order valence-corrected chi connectivity index (χ2v) is 5.35. The van der Waals surface area contributed by atoms with Crippen molar-refractivity contribution in [3.63, 3.8) is 0 Å². The van der Waals surface area contributed by atoms with Crippen LogP contribution in [0.2, 0.25) is 0 Å². The molecule has 1 aromatic carbocycles. The second kappa shape index (κ2) is 5.03. The Hall–Kier alpha value is -1.84. The van der Waals surface area contributed by atoms with Gasteiger partial charge in [-0.05, 0) is 30.4 Å². The third-order valence-corrected chi connectivity index (χ3v) is 3.74. The average molecular weight is 258 g/mol. The molecule has 4 nitrogen and oxygen atoms in total. The first-order valence-electron chi connectivity index (χ1n) is 6.86. The summed E-state index contributed by atoms with van der Waals surface area (Å²) in [6.45, 7) is 1.35. The normalized spacial score (nSPS) is 17.8. The zero-order chi connectivity index (χ0) is 13.2. The number of nitrogens with one attached hydrogen (secondary N) is 1. The van der Waals surface area contributed by atoms with Crippen molar-refractivity contribution in [2.45, 2.75) is 38.3 Å². The molecule has 1 aliphatic carbocycles. The lowest BCUT2D eigenvalue weighted by atomic mass is 10.00. The first-order chi connectivity index (χ1) is 9.22. The fourth-order valence-electron chi connectivity index (χ4n) is 2.46. The van der Waals surface area contributed by atoms with E-state index in [-0.39, 0.29) is 18.2 Å². The Labute approximate surface area is 112 Å². The number of carbonyl (C=O) groups excluding carboxylic acids is 2. The van der Waals surface area contributed by atoms with Gasteiger partial charge in [0.2, 0.25) is 11.8 Å². The Morgan fingerprint density at radius 3 is 2.68 bits per heavy atom. The first kappa shape index (κ1) is 12.2. The zero-order valence-electron chi connectivity index (χ0n) is 10.9. The standard InChI is InChI=1S/C15H18N2O2/c18-14(16-13-5-6-13)9-15(19)17-8-7-11-3-1-2-4-12(11)10-17/h1-4,13H,5-10H2,(H,16,18). The Bertz CT molecular complexity index is 509. The SMILES string of the molecule is O=C(CC(=O)N1CCc2ccccc2C1)NC1CC1. The summed E-state index contributed by atoms with van der Waals surface area (Å²) in [5, 5.41) is 2.86. The van der Waals surface area contributed by atoms with Gasteiger partial charge in [0.05, 0.1) is 0 Å². The molecule has 19 heavy (non-hydrogen) atoms. The molecule has 0 aromatic heterocycles. The van der Waals surface area contributed by atoms with Gasteiger partial charge in [-0.3, -0.25) is 9.59 Å². The predicted octanol–water partition coefficient (Wildman–Crippen LogP) is 1.24. The molecular weight excluding hydrogens is 240 g/mol. The molecule has 2 amide bonds. The molecule has 0 bridgehead atoms. The van der Waals surface area contributed by atoms with Crippen molar-refractivity contribution in [3.05, 3.63) is 35.4 Å². The molecule has 1 heterocycles. The van der Waals surface area contributed by atoms with Crippen LogP contribution in [0.1, 0.15) is 30.4 Å². The van der Waals surface area contributed by atoms with Crippen LogP contribution >= 0.6 is 0 Å². The summed E-state index contributed by atoms with van der Waals surface area (Å²) in [7, 11) is 0. The van der Waals surface area contributed by atoms with Crippen LogP contribution in [0.25, 0.3) is 0 Å². The van der Waals surface area contributed by atoms with E-state index < -0.39 is 0 Å². The summed E-state index contributed by atoms with van der Waals surface area (Å²) >= 11 is 0. The van der Waals surface area contributed by atoms with Crippen molar-refractivity contribution < 1.29 is 9.59 Å². The fraction of sp³-hybridized carbons (Fsp3) is 0.467. The summed E-state index contributed by atoms with van der Waals surface area (Å²) in [6.07, 6.45) is 2.97. The lowest BCUT2D eigenvalue weighted by Gasteiger charge is -2.28. The number of hydrogen-bond acceptors (Lipinski definition) is 2. The zero-order valence-corrected chi connectivity index (χ0v) is 10.9. The molecule has 0 radical (unpaired) electrons. The van der Waals surface area contributed by atoms with E-state index in [1.807, 2.05) is 12.1 Å². The molecule has 0 unspecified atom stereocenters. The number of amides is 2. The van der Waals surface area contributed by atoms with Gasteiger partial charge in [0, 0.05) is 19.1 Å². The summed E-state index contributed by atoms with van der Waals surface area (Å²) in [5.74, 6) is -0.195. The van der Waals surface area contributed by atoms with E-state index in [9.17, 15) is 9.59 Å². The molecule has 1 N–H and O–H groups in total. The molecule has 3 rings (SSSR count). The van der Waals surface area contributed by atoms with Gasteiger partial charge >= 0.3 is 0 Å². The minimum absolute atomic E-state index is 0.0152. The summed E-state index contributed by atoms with van der Waals surface area (Å²) in [6, 6.07) is 8.50. The van der Waals surface area contributed by atoms with E-state index in [4.69, 9.17) is 0 Å². The number of fused-ring (bicyclic) bond motifs is 1. The van der Waals surface area contributed by atoms with E-state index in [1.165, 1.54) is 11.1 Å². The molecular formula is C15H18N2O2.